The summed E-state index contributed by atoms with van der Waals surface area (Å²) in [4.78, 5) is 25.9. The highest BCUT2D eigenvalue weighted by Crippen LogP contribution is 2.41. The van der Waals surface area contributed by atoms with Crippen molar-refractivity contribution in [3.63, 3.8) is 0 Å². The first-order valence-corrected chi connectivity index (χ1v) is 9.72. The number of methoxy groups -OCH3 is 1. The minimum Gasteiger partial charge on any atom is -0.468 e. The molecule has 28 heavy (non-hydrogen) atoms. The highest BCUT2D eigenvalue weighted by Gasteiger charge is 2.37. The van der Waals surface area contributed by atoms with Gasteiger partial charge in [-0.15, -0.1) is 6.58 Å². The van der Waals surface area contributed by atoms with Crippen LogP contribution in [0, 0.1) is 0 Å². The van der Waals surface area contributed by atoms with Crippen molar-refractivity contribution in [2.75, 3.05) is 13.7 Å². The van der Waals surface area contributed by atoms with Crippen LogP contribution in [0.4, 0.5) is 4.79 Å². The third kappa shape index (κ3) is 3.64. The SMILES string of the molecule is C=CCC1CC(c2cccc3c2CN(C(=O)O[C@H]2CN[C@H](C(=O)OC)C2)C3)O1. The number of amides is 1. The maximum Gasteiger partial charge on any atom is 0.410 e. The number of nitrogens with zero attached hydrogens (tertiary/aromatic N) is 1. The summed E-state index contributed by atoms with van der Waals surface area (Å²) in [5.74, 6) is -0.327. The van der Waals surface area contributed by atoms with Crippen LogP contribution in [0.15, 0.2) is 30.9 Å². The fourth-order valence-corrected chi connectivity index (χ4v) is 4.21. The second-order valence-electron chi connectivity index (χ2n) is 7.57. The Hall–Kier alpha value is -2.38. The van der Waals surface area contributed by atoms with Crippen molar-refractivity contribution in [1.29, 1.82) is 0 Å². The van der Waals surface area contributed by atoms with Crippen LogP contribution >= 0.6 is 0 Å². The molecule has 7 heteroatoms. The molecule has 0 radical (unpaired) electrons. The third-order valence-electron chi connectivity index (χ3n) is 5.73. The number of benzene rings is 1. The van der Waals surface area contributed by atoms with Crippen LogP contribution in [0.1, 0.15) is 42.1 Å². The Balaban J connectivity index is 1.35. The van der Waals surface area contributed by atoms with Crippen molar-refractivity contribution >= 4 is 12.1 Å². The predicted octanol–water partition coefficient (Wildman–Crippen LogP) is 2.45. The zero-order valence-electron chi connectivity index (χ0n) is 16.1. The molecule has 1 aromatic carbocycles. The standard InChI is InChI=1S/C21H26N2O5/c1-3-5-14-9-19(27-14)16-7-4-6-13-11-23(12-17(13)16)21(25)28-15-8-18(22-10-15)20(24)26-2/h3-4,6-7,14-15,18-19,22H,1,5,8-12H2,2H3/t14?,15-,18+,19?/m1/s1. The highest BCUT2D eigenvalue weighted by molar-refractivity contribution is 5.76. The fraction of sp³-hybridized carbons (Fsp3) is 0.524. The molecular weight excluding hydrogens is 360 g/mol. The maximum atomic E-state index is 12.6. The van der Waals surface area contributed by atoms with E-state index < -0.39 is 6.04 Å². The largest absolute Gasteiger partial charge is 0.468 e. The van der Waals surface area contributed by atoms with E-state index in [1.807, 2.05) is 12.1 Å². The number of esters is 1. The lowest BCUT2D eigenvalue weighted by Gasteiger charge is -2.36. The monoisotopic (exact) mass is 386 g/mol. The maximum absolute atomic E-state index is 12.6. The molecule has 2 fully saturated rings. The van der Waals surface area contributed by atoms with E-state index in [0.29, 0.717) is 26.1 Å². The normalized spacial score (nSPS) is 28.4. The van der Waals surface area contributed by atoms with Gasteiger partial charge in [-0.1, -0.05) is 24.3 Å². The van der Waals surface area contributed by atoms with Crippen LogP contribution in [-0.2, 0) is 32.1 Å². The van der Waals surface area contributed by atoms with Crippen molar-refractivity contribution < 1.29 is 23.8 Å². The predicted molar refractivity (Wildman–Crippen MR) is 101 cm³/mol. The van der Waals surface area contributed by atoms with Gasteiger partial charge >= 0.3 is 12.1 Å². The molecule has 1 aromatic rings. The lowest BCUT2D eigenvalue weighted by atomic mass is 9.91. The van der Waals surface area contributed by atoms with E-state index in [4.69, 9.17) is 14.2 Å². The fourth-order valence-electron chi connectivity index (χ4n) is 4.21. The minimum atomic E-state index is -0.413. The Morgan fingerprint density at radius 1 is 1.36 bits per heavy atom. The van der Waals surface area contributed by atoms with Gasteiger partial charge in [0.25, 0.3) is 0 Å². The van der Waals surface area contributed by atoms with Gasteiger partial charge in [0, 0.05) is 25.9 Å². The van der Waals surface area contributed by atoms with E-state index in [0.717, 1.165) is 18.4 Å². The van der Waals surface area contributed by atoms with Gasteiger partial charge in [0.1, 0.15) is 12.1 Å². The summed E-state index contributed by atoms with van der Waals surface area (Å²) >= 11 is 0. The van der Waals surface area contributed by atoms with Crippen LogP contribution in [0.3, 0.4) is 0 Å². The van der Waals surface area contributed by atoms with Crippen molar-refractivity contribution in [1.82, 2.24) is 10.2 Å². The van der Waals surface area contributed by atoms with Gasteiger partial charge in [-0.2, -0.15) is 0 Å². The molecule has 7 nitrogen and oxygen atoms in total. The number of carbonyl (C=O) groups excluding carboxylic acids is 2. The molecule has 1 amide bonds. The summed E-state index contributed by atoms with van der Waals surface area (Å²) in [6.07, 6.45) is 3.84. The summed E-state index contributed by atoms with van der Waals surface area (Å²) in [5.41, 5.74) is 3.47. The molecule has 3 heterocycles. The molecule has 4 atom stereocenters. The van der Waals surface area contributed by atoms with Gasteiger partial charge in [-0.3, -0.25) is 9.69 Å². The van der Waals surface area contributed by atoms with E-state index in [-0.39, 0.29) is 30.4 Å². The van der Waals surface area contributed by atoms with E-state index >= 15 is 0 Å². The second-order valence-corrected chi connectivity index (χ2v) is 7.57. The van der Waals surface area contributed by atoms with E-state index in [1.54, 1.807) is 4.90 Å². The van der Waals surface area contributed by atoms with Crippen molar-refractivity contribution in [3.05, 3.63) is 47.5 Å². The molecule has 0 aliphatic carbocycles. The first-order valence-electron chi connectivity index (χ1n) is 9.72. The first kappa shape index (κ1) is 19.0. The average molecular weight is 386 g/mol. The number of fused-ring (bicyclic) bond motifs is 1. The number of nitrogens with one attached hydrogen (secondary N) is 1. The molecule has 4 rings (SSSR count). The highest BCUT2D eigenvalue weighted by atomic mass is 16.6. The molecule has 0 spiro atoms. The van der Waals surface area contributed by atoms with Crippen LogP contribution in [-0.4, -0.2) is 48.9 Å². The van der Waals surface area contributed by atoms with Gasteiger partial charge in [0.05, 0.1) is 25.9 Å². The zero-order valence-corrected chi connectivity index (χ0v) is 16.1. The van der Waals surface area contributed by atoms with Gasteiger partial charge in [0.2, 0.25) is 0 Å². The van der Waals surface area contributed by atoms with Crippen LogP contribution in [0.25, 0.3) is 0 Å². The van der Waals surface area contributed by atoms with Crippen molar-refractivity contribution in [2.45, 2.75) is 56.7 Å². The van der Waals surface area contributed by atoms with E-state index in [9.17, 15) is 9.59 Å². The average Bonchev–Trinajstić information content (AvgIpc) is 3.30. The molecule has 0 bridgehead atoms. The second kappa shape index (κ2) is 7.93. The third-order valence-corrected chi connectivity index (χ3v) is 5.73. The lowest BCUT2D eigenvalue weighted by Crippen LogP contribution is -2.32. The molecule has 2 saturated heterocycles. The van der Waals surface area contributed by atoms with E-state index in [1.165, 1.54) is 18.2 Å². The number of hydrogen-bond acceptors (Lipinski definition) is 6. The van der Waals surface area contributed by atoms with Crippen molar-refractivity contribution in [3.8, 4) is 0 Å². The molecule has 3 aliphatic rings. The Labute approximate surface area is 164 Å². The smallest absolute Gasteiger partial charge is 0.410 e. The topological polar surface area (TPSA) is 77.1 Å². The molecule has 0 aromatic heterocycles. The van der Waals surface area contributed by atoms with Crippen molar-refractivity contribution in [2.24, 2.45) is 0 Å². The Bertz CT molecular complexity index is 774. The first-order chi connectivity index (χ1) is 13.6. The Morgan fingerprint density at radius 3 is 2.93 bits per heavy atom. The quantitative estimate of drug-likeness (QED) is 0.619. The van der Waals surface area contributed by atoms with Crippen LogP contribution in [0.2, 0.25) is 0 Å². The van der Waals surface area contributed by atoms with Gasteiger partial charge in [0.15, 0.2) is 0 Å². The Kier molecular flexibility index (Phi) is 5.37. The molecule has 1 N–H and O–H groups in total. The summed E-state index contributed by atoms with van der Waals surface area (Å²) in [6, 6.07) is 5.75. The molecule has 150 valence electrons. The Morgan fingerprint density at radius 2 is 2.18 bits per heavy atom. The van der Waals surface area contributed by atoms with Gasteiger partial charge in [-0.05, 0) is 23.1 Å². The minimum absolute atomic E-state index is 0.0933. The summed E-state index contributed by atoms with van der Waals surface area (Å²) in [6.45, 7) is 5.27. The summed E-state index contributed by atoms with van der Waals surface area (Å²) < 4.78 is 16.3. The van der Waals surface area contributed by atoms with E-state index in [2.05, 4.69) is 24.0 Å². The lowest BCUT2D eigenvalue weighted by molar-refractivity contribution is -0.142. The number of rotatable bonds is 5. The van der Waals surface area contributed by atoms with Crippen LogP contribution < -0.4 is 5.32 Å². The molecule has 0 saturated carbocycles. The number of ether oxygens (including phenoxy) is 3. The molecule has 2 unspecified atom stereocenters. The molecular formula is C21H26N2O5. The molecule has 3 aliphatic heterocycles. The number of hydrogen-bond donors (Lipinski definition) is 1. The zero-order chi connectivity index (χ0) is 19.7. The van der Waals surface area contributed by atoms with Gasteiger partial charge < -0.3 is 19.5 Å². The van der Waals surface area contributed by atoms with Crippen LogP contribution in [0.5, 0.6) is 0 Å². The van der Waals surface area contributed by atoms with Gasteiger partial charge in [-0.25, -0.2) is 4.79 Å². The summed E-state index contributed by atoms with van der Waals surface area (Å²) in [5, 5.41) is 3.03. The number of carbonyl (C=O) groups is 2. The summed E-state index contributed by atoms with van der Waals surface area (Å²) in [7, 11) is 1.35.